The number of hydrogen-bond acceptors (Lipinski definition) is 3. The van der Waals surface area contributed by atoms with Crippen LogP contribution >= 0.6 is 11.6 Å². The lowest BCUT2D eigenvalue weighted by Gasteiger charge is -2.11. The molecule has 0 fully saturated rings. The molecule has 0 unspecified atom stereocenters. The molecule has 2 aromatic rings. The SMILES string of the molecule is CCn1ncc(Cl)c1C(=O)c1cccc(OC(C)C)c1. The van der Waals surface area contributed by atoms with Gasteiger partial charge < -0.3 is 4.74 Å². The zero-order chi connectivity index (χ0) is 14.7. The van der Waals surface area contributed by atoms with Crippen LogP contribution in [0.5, 0.6) is 5.75 Å². The van der Waals surface area contributed by atoms with Gasteiger partial charge in [0.05, 0.1) is 17.3 Å². The summed E-state index contributed by atoms with van der Waals surface area (Å²) < 4.78 is 7.20. The summed E-state index contributed by atoms with van der Waals surface area (Å²) in [6.45, 7) is 6.39. The molecule has 0 aliphatic carbocycles. The number of ether oxygens (including phenoxy) is 1. The monoisotopic (exact) mass is 292 g/mol. The molecule has 0 radical (unpaired) electrons. The highest BCUT2D eigenvalue weighted by atomic mass is 35.5. The summed E-state index contributed by atoms with van der Waals surface area (Å²) in [7, 11) is 0. The molecule has 0 atom stereocenters. The van der Waals surface area contributed by atoms with Crippen LogP contribution in [0.15, 0.2) is 30.5 Å². The zero-order valence-electron chi connectivity index (χ0n) is 11.8. The lowest BCUT2D eigenvalue weighted by atomic mass is 10.1. The maximum Gasteiger partial charge on any atom is 0.212 e. The highest BCUT2D eigenvalue weighted by molar-refractivity contribution is 6.34. The van der Waals surface area contributed by atoms with Crippen LogP contribution in [0.1, 0.15) is 36.8 Å². The van der Waals surface area contributed by atoms with Gasteiger partial charge in [-0.3, -0.25) is 9.48 Å². The second kappa shape index (κ2) is 6.09. The van der Waals surface area contributed by atoms with Gasteiger partial charge in [-0.1, -0.05) is 23.7 Å². The average Bonchev–Trinajstić information content (AvgIpc) is 2.78. The third kappa shape index (κ3) is 3.02. The van der Waals surface area contributed by atoms with E-state index in [4.69, 9.17) is 16.3 Å². The van der Waals surface area contributed by atoms with E-state index in [1.165, 1.54) is 6.20 Å². The first-order valence-corrected chi connectivity index (χ1v) is 6.93. The largest absolute Gasteiger partial charge is 0.491 e. The van der Waals surface area contributed by atoms with E-state index in [-0.39, 0.29) is 11.9 Å². The Morgan fingerprint density at radius 1 is 1.45 bits per heavy atom. The minimum Gasteiger partial charge on any atom is -0.491 e. The first-order valence-electron chi connectivity index (χ1n) is 6.55. The summed E-state index contributed by atoms with van der Waals surface area (Å²) in [6, 6.07) is 7.10. The molecule has 0 spiro atoms. The third-order valence-electron chi connectivity index (χ3n) is 2.78. The van der Waals surface area contributed by atoms with Gasteiger partial charge in [0.2, 0.25) is 5.78 Å². The molecule has 4 nitrogen and oxygen atoms in total. The number of ketones is 1. The molecule has 2 rings (SSSR count). The summed E-state index contributed by atoms with van der Waals surface area (Å²) in [5.74, 6) is 0.521. The number of benzene rings is 1. The number of aryl methyl sites for hydroxylation is 1. The van der Waals surface area contributed by atoms with Crippen LogP contribution in [0.4, 0.5) is 0 Å². The first-order chi connectivity index (χ1) is 9.52. The second-order valence-corrected chi connectivity index (χ2v) is 5.09. The maximum atomic E-state index is 12.5. The van der Waals surface area contributed by atoms with E-state index >= 15 is 0 Å². The fourth-order valence-corrected chi connectivity index (χ4v) is 2.17. The lowest BCUT2D eigenvalue weighted by Crippen LogP contribution is -2.12. The molecular weight excluding hydrogens is 276 g/mol. The number of hydrogen-bond donors (Lipinski definition) is 0. The number of halogens is 1. The van der Waals surface area contributed by atoms with E-state index in [1.807, 2.05) is 26.8 Å². The van der Waals surface area contributed by atoms with Crippen LogP contribution in [-0.4, -0.2) is 21.7 Å². The van der Waals surface area contributed by atoms with Crippen LogP contribution in [0.3, 0.4) is 0 Å². The van der Waals surface area contributed by atoms with Gasteiger partial charge in [0, 0.05) is 12.1 Å². The molecule has 20 heavy (non-hydrogen) atoms. The standard InChI is InChI=1S/C15H17ClN2O2/c1-4-18-14(13(16)9-17-18)15(19)11-6-5-7-12(8-11)20-10(2)3/h5-10H,4H2,1-3H3. The van der Waals surface area contributed by atoms with Gasteiger partial charge in [0.1, 0.15) is 11.4 Å². The number of nitrogens with zero attached hydrogens (tertiary/aromatic N) is 2. The third-order valence-corrected chi connectivity index (χ3v) is 3.05. The molecule has 106 valence electrons. The number of carbonyl (C=O) groups excluding carboxylic acids is 1. The first kappa shape index (κ1) is 14.6. The predicted octanol–water partition coefficient (Wildman–Crippen LogP) is 3.57. The van der Waals surface area contributed by atoms with Crippen LogP contribution in [-0.2, 0) is 6.54 Å². The Hall–Kier alpha value is -1.81. The fourth-order valence-electron chi connectivity index (χ4n) is 1.95. The molecule has 1 heterocycles. The quantitative estimate of drug-likeness (QED) is 0.791. The molecule has 0 N–H and O–H groups in total. The lowest BCUT2D eigenvalue weighted by molar-refractivity contribution is 0.102. The Kier molecular flexibility index (Phi) is 4.45. The van der Waals surface area contributed by atoms with Gasteiger partial charge in [-0.15, -0.1) is 0 Å². The van der Waals surface area contributed by atoms with E-state index in [1.54, 1.807) is 22.9 Å². The van der Waals surface area contributed by atoms with Gasteiger partial charge in [-0.25, -0.2) is 0 Å². The fraction of sp³-hybridized carbons (Fsp3) is 0.333. The molecule has 1 aromatic heterocycles. The number of aromatic nitrogens is 2. The number of carbonyl (C=O) groups is 1. The van der Waals surface area contributed by atoms with Gasteiger partial charge in [0.15, 0.2) is 0 Å². The Labute approximate surface area is 123 Å². The molecule has 0 saturated heterocycles. The minimum absolute atomic E-state index is 0.0603. The minimum atomic E-state index is -0.149. The zero-order valence-corrected chi connectivity index (χ0v) is 12.5. The maximum absolute atomic E-state index is 12.5. The van der Waals surface area contributed by atoms with Crippen molar-refractivity contribution in [1.82, 2.24) is 9.78 Å². The van der Waals surface area contributed by atoms with E-state index in [0.29, 0.717) is 28.6 Å². The average molecular weight is 293 g/mol. The van der Waals surface area contributed by atoms with Crippen molar-refractivity contribution in [1.29, 1.82) is 0 Å². The van der Waals surface area contributed by atoms with Gasteiger partial charge in [0.25, 0.3) is 0 Å². The van der Waals surface area contributed by atoms with Crippen LogP contribution in [0.25, 0.3) is 0 Å². The summed E-state index contributed by atoms with van der Waals surface area (Å²) in [5, 5.41) is 4.45. The highest BCUT2D eigenvalue weighted by Gasteiger charge is 2.19. The molecule has 5 heteroatoms. The Morgan fingerprint density at radius 3 is 2.85 bits per heavy atom. The highest BCUT2D eigenvalue weighted by Crippen LogP contribution is 2.22. The van der Waals surface area contributed by atoms with E-state index < -0.39 is 0 Å². The van der Waals surface area contributed by atoms with Crippen molar-refractivity contribution in [2.24, 2.45) is 0 Å². The molecule has 0 saturated carbocycles. The van der Waals surface area contributed by atoms with Crippen LogP contribution in [0, 0.1) is 0 Å². The van der Waals surface area contributed by atoms with E-state index in [9.17, 15) is 4.79 Å². The Balaban J connectivity index is 2.36. The van der Waals surface area contributed by atoms with Crippen molar-refractivity contribution in [2.45, 2.75) is 33.4 Å². The van der Waals surface area contributed by atoms with Crippen molar-refractivity contribution in [2.75, 3.05) is 0 Å². The molecule has 0 bridgehead atoms. The van der Waals surface area contributed by atoms with Gasteiger partial charge in [-0.05, 0) is 32.9 Å². The Bertz CT molecular complexity index is 620. The molecule has 0 amide bonds. The van der Waals surface area contributed by atoms with Crippen LogP contribution in [0.2, 0.25) is 5.02 Å². The van der Waals surface area contributed by atoms with Crippen molar-refractivity contribution < 1.29 is 9.53 Å². The molecule has 0 aliphatic rings. The van der Waals surface area contributed by atoms with E-state index in [0.717, 1.165) is 0 Å². The summed E-state index contributed by atoms with van der Waals surface area (Å²) in [4.78, 5) is 12.5. The van der Waals surface area contributed by atoms with Gasteiger partial charge >= 0.3 is 0 Å². The molecule has 0 aliphatic heterocycles. The summed E-state index contributed by atoms with van der Waals surface area (Å²) >= 11 is 6.06. The normalized spacial score (nSPS) is 10.8. The number of rotatable bonds is 5. The Morgan fingerprint density at radius 2 is 2.20 bits per heavy atom. The predicted molar refractivity (Wildman–Crippen MR) is 78.5 cm³/mol. The topological polar surface area (TPSA) is 44.1 Å². The summed E-state index contributed by atoms with van der Waals surface area (Å²) in [5.41, 5.74) is 0.955. The smallest absolute Gasteiger partial charge is 0.212 e. The van der Waals surface area contributed by atoms with Crippen molar-refractivity contribution in [3.8, 4) is 5.75 Å². The summed E-state index contributed by atoms with van der Waals surface area (Å²) in [6.07, 6.45) is 1.55. The van der Waals surface area contributed by atoms with Crippen molar-refractivity contribution in [3.63, 3.8) is 0 Å². The van der Waals surface area contributed by atoms with Gasteiger partial charge in [-0.2, -0.15) is 5.10 Å². The second-order valence-electron chi connectivity index (χ2n) is 4.68. The van der Waals surface area contributed by atoms with Crippen molar-refractivity contribution >= 4 is 17.4 Å². The molecule has 1 aromatic carbocycles. The molecular formula is C15H17ClN2O2. The van der Waals surface area contributed by atoms with Crippen molar-refractivity contribution in [3.05, 3.63) is 46.7 Å². The van der Waals surface area contributed by atoms with E-state index in [2.05, 4.69) is 5.10 Å². The van der Waals surface area contributed by atoms with Crippen LogP contribution < -0.4 is 4.74 Å².